The van der Waals surface area contributed by atoms with Gasteiger partial charge in [-0.1, -0.05) is 344 Å². The number of anilines is 5. The predicted octanol–water partition coefficient (Wildman–Crippen LogP) is 35.1. The Bertz CT molecular complexity index is 7770. The summed E-state index contributed by atoms with van der Waals surface area (Å²) in [5, 5.41) is 24.8. The van der Waals surface area contributed by atoms with Gasteiger partial charge < -0.3 is 10.2 Å². The molecule has 0 atom stereocenters. The molecule has 560 valence electrons. The van der Waals surface area contributed by atoms with Crippen LogP contribution in [0.1, 0.15) is 0 Å². The van der Waals surface area contributed by atoms with Crippen molar-refractivity contribution < 1.29 is 0 Å². The Morgan fingerprint density at radius 1 is 0.185 bits per heavy atom. The first-order valence-corrected chi connectivity index (χ1v) is 44.2. The fraction of sp³-hybridized carbons (Fsp3) is 0. The van der Waals surface area contributed by atoms with Crippen molar-refractivity contribution in [3.63, 3.8) is 0 Å². The average molecular weight is 1650 g/mol. The molecule has 0 saturated carbocycles. The number of nitrogens with zero attached hydrogens (tertiary/aromatic N) is 1. The maximum atomic E-state index is 3.54. The van der Waals surface area contributed by atoms with E-state index in [1.54, 1.807) is 0 Å². The smallest absolute Gasteiger partial charge is 0.0462 e. The molecular formula is C112H71BrN2S4. The van der Waals surface area contributed by atoms with Crippen molar-refractivity contribution >= 4 is 213 Å². The minimum absolute atomic E-state index is 1.08. The van der Waals surface area contributed by atoms with Crippen molar-refractivity contribution in [2.75, 3.05) is 10.2 Å². The SMILES string of the molecule is Brc1ccc(-c2cccc3c2sc2ccc4ccccc4c23)cc1.c1ccc(-c2ccc(N(c3ccc(-c4cccc5c4sc4ccc6ccccc6c45)cc3)c3ccc(-c4cccc5c4sc4ccc6ccccc6c45)cc3)cc2)cc1.c1ccc(-c2ccc(Nc3ccc(-c4cccc5c4sc4ccc6ccccc6c45)cc3)cc2)cc1. The highest BCUT2D eigenvalue weighted by molar-refractivity contribution is 9.10. The molecule has 1 N–H and O–H groups in total. The molecule has 119 heavy (non-hydrogen) atoms. The minimum Gasteiger partial charge on any atom is -0.356 e. The molecule has 0 amide bonds. The summed E-state index contributed by atoms with van der Waals surface area (Å²) in [7, 11) is 0. The summed E-state index contributed by atoms with van der Waals surface area (Å²) >= 11 is 11.1. The van der Waals surface area contributed by atoms with Crippen LogP contribution < -0.4 is 10.2 Å². The number of nitrogens with one attached hydrogen (secondary N) is 1. The topological polar surface area (TPSA) is 15.3 Å². The number of fused-ring (bicyclic) bond motifs is 20. The molecular weight excluding hydrogens is 1580 g/mol. The van der Waals surface area contributed by atoms with Gasteiger partial charge in [0, 0.05) is 114 Å². The Morgan fingerprint density at radius 3 is 0.723 bits per heavy atom. The number of thiophene rings is 4. The van der Waals surface area contributed by atoms with Crippen LogP contribution in [0.5, 0.6) is 0 Å². The fourth-order valence-corrected chi connectivity index (χ4v) is 22.8. The maximum absolute atomic E-state index is 3.54. The van der Waals surface area contributed by atoms with Crippen LogP contribution >= 0.6 is 61.3 Å². The zero-order chi connectivity index (χ0) is 78.9. The van der Waals surface area contributed by atoms with Gasteiger partial charge in [0.15, 0.2) is 0 Å². The Kier molecular flexibility index (Phi) is 18.6. The molecule has 0 spiro atoms. The molecule has 0 radical (unpaired) electrons. The highest BCUT2D eigenvalue weighted by Crippen LogP contribution is 2.49. The molecule has 24 aromatic rings. The third kappa shape index (κ3) is 13.3. The van der Waals surface area contributed by atoms with Gasteiger partial charge in [-0.2, -0.15) is 0 Å². The number of hydrogen-bond acceptors (Lipinski definition) is 6. The molecule has 0 saturated heterocycles. The summed E-state index contributed by atoms with van der Waals surface area (Å²) in [5.41, 5.74) is 20.5. The molecule has 24 rings (SSSR count). The summed E-state index contributed by atoms with van der Waals surface area (Å²) in [6.45, 7) is 0. The second-order valence-electron chi connectivity index (χ2n) is 30.3. The molecule has 0 aliphatic rings. The van der Waals surface area contributed by atoms with Crippen LogP contribution in [-0.4, -0.2) is 0 Å². The van der Waals surface area contributed by atoms with E-state index in [1.165, 1.54) is 191 Å². The van der Waals surface area contributed by atoms with Gasteiger partial charge in [-0.05, 0) is 207 Å². The molecule has 20 aromatic carbocycles. The van der Waals surface area contributed by atoms with Gasteiger partial charge in [0.05, 0.1) is 0 Å². The van der Waals surface area contributed by atoms with E-state index in [2.05, 4.69) is 445 Å². The van der Waals surface area contributed by atoms with Crippen LogP contribution in [0, 0.1) is 0 Å². The summed E-state index contributed by atoms with van der Waals surface area (Å²) in [4.78, 5) is 2.38. The number of hydrogen-bond donors (Lipinski definition) is 1. The Morgan fingerprint density at radius 2 is 0.420 bits per heavy atom. The first-order valence-electron chi connectivity index (χ1n) is 40.2. The maximum Gasteiger partial charge on any atom is 0.0462 e. The fourth-order valence-electron chi connectivity index (χ4n) is 17.5. The second kappa shape index (κ2) is 30.8. The van der Waals surface area contributed by atoms with E-state index < -0.39 is 0 Å². The second-order valence-corrected chi connectivity index (χ2v) is 35.4. The highest BCUT2D eigenvalue weighted by atomic mass is 79.9. The molecule has 0 unspecified atom stereocenters. The molecule has 0 aliphatic heterocycles. The van der Waals surface area contributed by atoms with Crippen LogP contribution in [-0.2, 0) is 0 Å². The molecule has 0 fully saturated rings. The lowest BCUT2D eigenvalue weighted by atomic mass is 9.99. The number of benzene rings is 20. The Labute approximate surface area is 713 Å². The minimum atomic E-state index is 1.08. The van der Waals surface area contributed by atoms with Crippen LogP contribution in [0.15, 0.2) is 429 Å². The van der Waals surface area contributed by atoms with Gasteiger partial charge in [-0.25, -0.2) is 0 Å². The van der Waals surface area contributed by atoms with Crippen molar-refractivity contribution in [1.82, 2.24) is 0 Å². The largest absolute Gasteiger partial charge is 0.356 e. The third-order valence-corrected chi connectivity index (χ3v) is 28.6. The molecule has 0 bridgehead atoms. The average Bonchev–Trinajstić information content (AvgIpc) is 1.62. The molecule has 7 heteroatoms. The zero-order valence-electron chi connectivity index (χ0n) is 64.4. The van der Waals surface area contributed by atoms with E-state index in [9.17, 15) is 0 Å². The van der Waals surface area contributed by atoms with Crippen molar-refractivity contribution in [2.45, 2.75) is 0 Å². The van der Waals surface area contributed by atoms with Crippen molar-refractivity contribution in [1.29, 1.82) is 0 Å². The van der Waals surface area contributed by atoms with Gasteiger partial charge in [-0.15, -0.1) is 45.3 Å². The zero-order valence-corrected chi connectivity index (χ0v) is 69.2. The van der Waals surface area contributed by atoms with Crippen LogP contribution in [0.25, 0.3) is 191 Å². The van der Waals surface area contributed by atoms with Crippen molar-refractivity contribution in [2.24, 2.45) is 0 Å². The van der Waals surface area contributed by atoms with E-state index in [-0.39, 0.29) is 0 Å². The molecule has 4 heterocycles. The van der Waals surface area contributed by atoms with Gasteiger partial charge in [0.25, 0.3) is 0 Å². The van der Waals surface area contributed by atoms with E-state index in [4.69, 9.17) is 0 Å². The standard InChI is InChI=1S/C56H35NS2.C34H23NS.C22H13BrS/c1-2-10-36(11-3-1)37-20-28-42(29-21-37)57(43-30-22-40(23-31-43)47-16-8-18-49-53-45-14-6-4-12-38(45)26-34-51(53)58-55(47)49)44-32-24-41(25-33-44)48-17-9-19-50-54-46-15-7-5-13-39(46)27-35-52(54)59-56(48)50;1-2-7-23(8-3-1)24-13-18-27(19-14-24)35-28-20-15-26(16-21-28)30-11-6-12-31-33-29-10-5-4-9-25(29)17-22-32(33)36-34(30)31;23-16-11-8-15(9-12-16)18-6-3-7-19-21-17-5-2-1-4-14(17)10-13-20(21)24-22(18)19/h1-35H;1-22,35H;1-13H. The van der Waals surface area contributed by atoms with Gasteiger partial charge in [-0.3, -0.25) is 0 Å². The normalized spacial score (nSPS) is 11.6. The molecule has 0 aliphatic carbocycles. The van der Waals surface area contributed by atoms with E-state index >= 15 is 0 Å². The summed E-state index contributed by atoms with van der Waals surface area (Å²) < 4.78 is 11.8. The molecule has 2 nitrogen and oxygen atoms in total. The predicted molar refractivity (Wildman–Crippen MR) is 526 cm³/mol. The van der Waals surface area contributed by atoms with E-state index in [0.717, 1.165) is 32.9 Å². The number of halogens is 1. The number of rotatable bonds is 11. The summed E-state index contributed by atoms with van der Waals surface area (Å²) in [5.74, 6) is 0. The molecule has 4 aromatic heterocycles. The van der Waals surface area contributed by atoms with Crippen molar-refractivity contribution in [3.8, 4) is 66.8 Å². The first kappa shape index (κ1) is 71.9. The van der Waals surface area contributed by atoms with Gasteiger partial charge >= 0.3 is 0 Å². The summed E-state index contributed by atoms with van der Waals surface area (Å²) in [6, 6.07) is 154. The lowest BCUT2D eigenvalue weighted by molar-refractivity contribution is 1.28. The van der Waals surface area contributed by atoms with Gasteiger partial charge in [0.1, 0.15) is 0 Å². The van der Waals surface area contributed by atoms with Crippen LogP contribution in [0.4, 0.5) is 28.4 Å². The van der Waals surface area contributed by atoms with E-state index in [0.29, 0.717) is 0 Å². The van der Waals surface area contributed by atoms with Crippen molar-refractivity contribution in [3.05, 3.63) is 429 Å². The Hall–Kier alpha value is -13.6. The van der Waals surface area contributed by atoms with Crippen LogP contribution in [0.3, 0.4) is 0 Å². The Balaban J connectivity index is 0.000000120. The lowest BCUT2D eigenvalue weighted by Gasteiger charge is -2.26. The van der Waals surface area contributed by atoms with Gasteiger partial charge in [0.2, 0.25) is 0 Å². The van der Waals surface area contributed by atoms with E-state index in [1.807, 2.05) is 51.4 Å². The quantitative estimate of drug-likeness (QED) is 0.139. The first-order chi connectivity index (χ1) is 58.9. The monoisotopic (exact) mass is 1650 g/mol. The summed E-state index contributed by atoms with van der Waals surface area (Å²) in [6.07, 6.45) is 0. The third-order valence-electron chi connectivity index (χ3n) is 23.3. The van der Waals surface area contributed by atoms with Crippen LogP contribution in [0.2, 0.25) is 0 Å². The lowest BCUT2D eigenvalue weighted by Crippen LogP contribution is -2.09. The highest BCUT2D eigenvalue weighted by Gasteiger charge is 2.21.